The molecule has 1 aliphatic heterocycles. The topological polar surface area (TPSA) is 0 Å². The molecule has 0 saturated heterocycles. The summed E-state index contributed by atoms with van der Waals surface area (Å²) in [6.07, 6.45) is 0. The third kappa shape index (κ3) is 2.19. The zero-order valence-corrected chi connectivity index (χ0v) is 16.6. The minimum absolute atomic E-state index is 0.643. The minimum atomic E-state index is -1.93. The van der Waals surface area contributed by atoms with Crippen LogP contribution in [0.25, 0.3) is 22.3 Å². The number of hydrogen-bond acceptors (Lipinski definition) is 0. The highest BCUT2D eigenvalue weighted by Crippen LogP contribution is 2.42. The summed E-state index contributed by atoms with van der Waals surface area (Å²) in [4.78, 5) is 0. The molecule has 0 N–H and O–H groups in total. The minimum Gasteiger partial charge on any atom is -0.0645 e. The average Bonchev–Trinajstić information content (AvgIpc) is 2.73. The highest BCUT2D eigenvalue weighted by atomic mass is 28.3. The zero-order chi connectivity index (χ0) is 17.6. The van der Waals surface area contributed by atoms with Crippen LogP contribution in [0.3, 0.4) is 0 Å². The fourth-order valence-electron chi connectivity index (χ4n) is 5.17. The number of fused-ring (bicyclic) bond motifs is 5. The van der Waals surface area contributed by atoms with E-state index in [1.807, 2.05) is 0 Å². The summed E-state index contributed by atoms with van der Waals surface area (Å²) >= 11 is 0. The Kier molecular flexibility index (Phi) is 3.92. The van der Waals surface area contributed by atoms with E-state index in [2.05, 4.69) is 100 Å². The molecule has 1 aliphatic rings. The molecule has 0 atom stereocenters. The molecule has 25 heavy (non-hydrogen) atoms. The molecule has 0 amide bonds. The van der Waals surface area contributed by atoms with E-state index < -0.39 is 8.07 Å². The lowest BCUT2D eigenvalue weighted by molar-refractivity contribution is 0.928. The molecule has 4 rings (SSSR count). The summed E-state index contributed by atoms with van der Waals surface area (Å²) in [6, 6.07) is 27.3. The molecule has 0 aliphatic carbocycles. The van der Waals surface area contributed by atoms with Gasteiger partial charge in [0.05, 0.1) is 0 Å². The van der Waals surface area contributed by atoms with Crippen LogP contribution in [0.1, 0.15) is 27.7 Å². The molecule has 0 bridgehead atoms. The van der Waals surface area contributed by atoms with Crippen molar-refractivity contribution in [2.75, 3.05) is 0 Å². The van der Waals surface area contributed by atoms with Gasteiger partial charge in [0.2, 0.25) is 0 Å². The van der Waals surface area contributed by atoms with Crippen molar-refractivity contribution >= 4 is 18.4 Å². The van der Waals surface area contributed by atoms with Crippen LogP contribution in [0, 0.1) is 0 Å². The molecule has 3 aromatic rings. The van der Waals surface area contributed by atoms with E-state index in [0.29, 0.717) is 11.1 Å². The highest BCUT2D eigenvalue weighted by molar-refractivity contribution is 7.05. The predicted molar refractivity (Wildman–Crippen MR) is 113 cm³/mol. The summed E-state index contributed by atoms with van der Waals surface area (Å²) in [7, 11) is -1.93. The van der Waals surface area contributed by atoms with Gasteiger partial charge in [0, 0.05) is 0 Å². The molecule has 1 heteroatoms. The smallest absolute Gasteiger partial charge is 0.0645 e. The Hall–Kier alpha value is -2.12. The van der Waals surface area contributed by atoms with E-state index in [9.17, 15) is 0 Å². The van der Waals surface area contributed by atoms with Gasteiger partial charge >= 0.3 is 0 Å². The van der Waals surface area contributed by atoms with E-state index in [-0.39, 0.29) is 0 Å². The lowest BCUT2D eigenvalue weighted by Gasteiger charge is -2.41. The van der Waals surface area contributed by atoms with Crippen LogP contribution in [-0.2, 0) is 0 Å². The van der Waals surface area contributed by atoms with E-state index in [1.54, 1.807) is 10.4 Å². The van der Waals surface area contributed by atoms with Gasteiger partial charge in [0.25, 0.3) is 0 Å². The first-order valence-corrected chi connectivity index (χ1v) is 11.5. The first kappa shape index (κ1) is 16.4. The molecule has 0 nitrogen and oxygen atoms in total. The van der Waals surface area contributed by atoms with Crippen molar-refractivity contribution < 1.29 is 0 Å². The maximum atomic E-state index is 2.44. The molecule has 126 valence electrons. The maximum Gasteiger partial charge on any atom is 0.124 e. The first-order chi connectivity index (χ1) is 12.1. The summed E-state index contributed by atoms with van der Waals surface area (Å²) in [5, 5.41) is 3.22. The zero-order valence-electron chi connectivity index (χ0n) is 15.6. The van der Waals surface area contributed by atoms with Crippen LogP contribution in [-0.4, -0.2) is 8.07 Å². The predicted octanol–water partition coefficient (Wildman–Crippen LogP) is 5.72. The third-order valence-corrected chi connectivity index (χ3v) is 12.4. The Morgan fingerprint density at radius 3 is 1.16 bits per heavy atom. The monoisotopic (exact) mass is 342 g/mol. The van der Waals surface area contributed by atoms with Crippen molar-refractivity contribution in [1.82, 2.24) is 0 Å². The van der Waals surface area contributed by atoms with Crippen LogP contribution in [0.4, 0.5) is 0 Å². The van der Waals surface area contributed by atoms with Crippen LogP contribution in [0.15, 0.2) is 72.8 Å². The van der Waals surface area contributed by atoms with Gasteiger partial charge in [-0.3, -0.25) is 0 Å². The molecule has 0 radical (unpaired) electrons. The van der Waals surface area contributed by atoms with E-state index in [4.69, 9.17) is 0 Å². The molecular formula is C24H26Si. The average molecular weight is 343 g/mol. The lowest BCUT2D eigenvalue weighted by Crippen LogP contribution is -2.63. The third-order valence-electron chi connectivity index (χ3n) is 6.07. The van der Waals surface area contributed by atoms with Crippen molar-refractivity contribution in [2.24, 2.45) is 0 Å². The van der Waals surface area contributed by atoms with Gasteiger partial charge < -0.3 is 0 Å². The number of rotatable bonds is 2. The quantitative estimate of drug-likeness (QED) is 0.523. The molecule has 1 heterocycles. The van der Waals surface area contributed by atoms with Gasteiger partial charge in [-0.25, -0.2) is 0 Å². The molecule has 0 saturated carbocycles. The second-order valence-electron chi connectivity index (χ2n) is 7.82. The fraction of sp³-hybridized carbons (Fsp3) is 0.250. The van der Waals surface area contributed by atoms with Gasteiger partial charge in [0.1, 0.15) is 8.07 Å². The van der Waals surface area contributed by atoms with E-state index in [0.717, 1.165) is 0 Å². The largest absolute Gasteiger partial charge is 0.124 e. The Morgan fingerprint density at radius 2 is 0.800 bits per heavy atom. The van der Waals surface area contributed by atoms with Gasteiger partial charge in [-0.2, -0.15) is 0 Å². The molecule has 0 fully saturated rings. The molecule has 0 aromatic heterocycles. The molecular weight excluding hydrogens is 316 g/mol. The Morgan fingerprint density at radius 1 is 0.480 bits per heavy atom. The van der Waals surface area contributed by atoms with Gasteiger partial charge in [-0.15, -0.1) is 0 Å². The van der Waals surface area contributed by atoms with Crippen LogP contribution in [0.2, 0.25) is 11.1 Å². The van der Waals surface area contributed by atoms with E-state index in [1.165, 1.54) is 22.3 Å². The summed E-state index contributed by atoms with van der Waals surface area (Å²) < 4.78 is 0. The fourth-order valence-corrected chi connectivity index (χ4v) is 11.3. The van der Waals surface area contributed by atoms with Crippen molar-refractivity contribution in [3.05, 3.63) is 72.8 Å². The highest BCUT2D eigenvalue weighted by Gasteiger charge is 2.47. The van der Waals surface area contributed by atoms with Gasteiger partial charge in [-0.05, 0) is 43.7 Å². The Balaban J connectivity index is 2.25. The Labute approximate surface area is 152 Å². The van der Waals surface area contributed by atoms with Gasteiger partial charge in [-0.1, -0.05) is 100 Å². The van der Waals surface area contributed by atoms with Crippen molar-refractivity contribution in [2.45, 2.75) is 38.8 Å². The van der Waals surface area contributed by atoms with Crippen molar-refractivity contribution in [3.8, 4) is 22.3 Å². The molecule has 0 unspecified atom stereocenters. The SMILES string of the molecule is CC(C)[Si]1(C(C)C)c2ccccc2-c2ccccc2-c2ccccc21. The van der Waals surface area contributed by atoms with Crippen molar-refractivity contribution in [1.29, 1.82) is 0 Å². The number of benzene rings is 3. The summed E-state index contributed by atoms with van der Waals surface area (Å²) in [5.41, 5.74) is 6.96. The van der Waals surface area contributed by atoms with Crippen molar-refractivity contribution in [3.63, 3.8) is 0 Å². The van der Waals surface area contributed by atoms with Crippen LogP contribution >= 0.6 is 0 Å². The summed E-state index contributed by atoms with van der Waals surface area (Å²) in [6.45, 7) is 9.76. The summed E-state index contributed by atoms with van der Waals surface area (Å²) in [5.74, 6) is 0. The van der Waals surface area contributed by atoms with Gasteiger partial charge in [0.15, 0.2) is 0 Å². The first-order valence-electron chi connectivity index (χ1n) is 9.37. The normalized spacial score (nSPS) is 14.6. The Bertz CT molecular complexity index is 844. The molecule has 0 spiro atoms. The second-order valence-corrected chi connectivity index (χ2v) is 12.9. The number of hydrogen-bond donors (Lipinski definition) is 0. The van der Waals surface area contributed by atoms with Crippen LogP contribution < -0.4 is 10.4 Å². The lowest BCUT2D eigenvalue weighted by atomic mass is 9.95. The van der Waals surface area contributed by atoms with Crippen LogP contribution in [0.5, 0.6) is 0 Å². The standard InChI is InChI=1S/C24H26Si/c1-17(2)25(18(3)4)23-15-9-7-13-21(23)19-11-5-6-12-20(19)22-14-8-10-16-24(22)25/h5-18H,1-4H3. The molecule has 3 aromatic carbocycles. The van der Waals surface area contributed by atoms with E-state index >= 15 is 0 Å². The maximum absolute atomic E-state index is 2.44. The second kappa shape index (κ2) is 6.00.